The van der Waals surface area contributed by atoms with E-state index in [1.54, 1.807) is 18.3 Å². The van der Waals surface area contributed by atoms with Crippen molar-refractivity contribution in [1.82, 2.24) is 10.3 Å². The van der Waals surface area contributed by atoms with Crippen molar-refractivity contribution in [3.8, 4) is 0 Å². The highest BCUT2D eigenvalue weighted by atomic mass is 79.9. The molecule has 1 amide bonds. The number of nitrogens with one attached hydrogen (secondary N) is 1. The third-order valence-electron chi connectivity index (χ3n) is 2.16. The molecule has 4 heteroatoms. The van der Waals surface area contributed by atoms with Crippen LogP contribution in [0.3, 0.4) is 0 Å². The van der Waals surface area contributed by atoms with Crippen molar-refractivity contribution in [1.29, 1.82) is 0 Å². The van der Waals surface area contributed by atoms with Crippen molar-refractivity contribution in [3.63, 3.8) is 0 Å². The molecule has 0 aromatic carbocycles. The molecule has 0 saturated heterocycles. The Morgan fingerprint density at radius 1 is 1.50 bits per heavy atom. The second kappa shape index (κ2) is 5.43. The van der Waals surface area contributed by atoms with Crippen LogP contribution in [-0.4, -0.2) is 17.4 Å². The quantitative estimate of drug-likeness (QED) is 0.867. The van der Waals surface area contributed by atoms with Gasteiger partial charge in [-0.15, -0.1) is 0 Å². The minimum atomic E-state index is -0.0794. The van der Waals surface area contributed by atoms with Crippen molar-refractivity contribution in [2.24, 2.45) is 5.41 Å². The molecule has 0 bridgehead atoms. The Morgan fingerprint density at radius 3 is 2.75 bits per heavy atom. The van der Waals surface area contributed by atoms with Gasteiger partial charge in [-0.25, -0.2) is 4.98 Å². The van der Waals surface area contributed by atoms with Gasteiger partial charge in [0.15, 0.2) is 0 Å². The summed E-state index contributed by atoms with van der Waals surface area (Å²) in [6.07, 6.45) is 2.60. The Kier molecular flexibility index (Phi) is 4.47. The highest BCUT2D eigenvalue weighted by Gasteiger charge is 2.13. The van der Waals surface area contributed by atoms with Gasteiger partial charge in [-0.05, 0) is 39.9 Å². The van der Waals surface area contributed by atoms with Gasteiger partial charge >= 0.3 is 0 Å². The second-order valence-corrected chi connectivity index (χ2v) is 5.66. The highest BCUT2D eigenvalue weighted by molar-refractivity contribution is 9.10. The van der Waals surface area contributed by atoms with E-state index in [-0.39, 0.29) is 11.3 Å². The number of carbonyl (C=O) groups is 1. The maximum Gasteiger partial charge on any atom is 0.254 e. The Labute approximate surface area is 105 Å². The molecule has 0 aliphatic heterocycles. The molecule has 3 nitrogen and oxygen atoms in total. The third-order valence-corrected chi connectivity index (χ3v) is 2.80. The van der Waals surface area contributed by atoms with Crippen LogP contribution in [0, 0.1) is 5.41 Å². The number of aromatic nitrogens is 1. The third kappa shape index (κ3) is 4.31. The van der Waals surface area contributed by atoms with Crippen molar-refractivity contribution >= 4 is 21.8 Å². The molecule has 0 unspecified atom stereocenters. The second-order valence-electron chi connectivity index (χ2n) is 4.91. The molecule has 1 rings (SSSR count). The summed E-state index contributed by atoms with van der Waals surface area (Å²) in [5.41, 5.74) is 0.816. The van der Waals surface area contributed by atoms with Gasteiger partial charge in [0.2, 0.25) is 0 Å². The Balaban J connectivity index is 2.51. The zero-order valence-electron chi connectivity index (χ0n) is 9.88. The molecule has 0 atom stereocenters. The van der Waals surface area contributed by atoms with Gasteiger partial charge in [-0.1, -0.05) is 20.8 Å². The molecule has 0 spiro atoms. The van der Waals surface area contributed by atoms with E-state index in [9.17, 15) is 4.79 Å². The summed E-state index contributed by atoms with van der Waals surface area (Å²) < 4.78 is 0.586. The van der Waals surface area contributed by atoms with Crippen LogP contribution in [0.25, 0.3) is 0 Å². The molecule has 0 fully saturated rings. The number of amides is 1. The Bertz CT molecular complexity index is 372. The van der Waals surface area contributed by atoms with E-state index in [2.05, 4.69) is 47.0 Å². The van der Waals surface area contributed by atoms with Crippen molar-refractivity contribution in [3.05, 3.63) is 28.5 Å². The topological polar surface area (TPSA) is 42.0 Å². The number of rotatable bonds is 3. The van der Waals surface area contributed by atoms with E-state index < -0.39 is 0 Å². The molecule has 88 valence electrons. The highest BCUT2D eigenvalue weighted by Crippen LogP contribution is 2.17. The molecular weight excluding hydrogens is 268 g/mol. The fourth-order valence-corrected chi connectivity index (χ4v) is 1.63. The number of pyridine rings is 1. The Hall–Kier alpha value is -0.900. The van der Waals surface area contributed by atoms with E-state index in [1.165, 1.54) is 0 Å². The summed E-state index contributed by atoms with van der Waals surface area (Å²) in [5, 5.41) is 2.89. The number of carbonyl (C=O) groups excluding carboxylic acids is 1. The lowest BCUT2D eigenvalue weighted by Crippen LogP contribution is -2.27. The van der Waals surface area contributed by atoms with Crippen LogP contribution in [-0.2, 0) is 0 Å². The van der Waals surface area contributed by atoms with Crippen LogP contribution in [0.1, 0.15) is 37.6 Å². The summed E-state index contributed by atoms with van der Waals surface area (Å²) in [4.78, 5) is 15.8. The minimum Gasteiger partial charge on any atom is -0.352 e. The molecule has 0 saturated carbocycles. The van der Waals surface area contributed by atoms with Gasteiger partial charge in [-0.2, -0.15) is 0 Å². The van der Waals surface area contributed by atoms with Crippen LogP contribution < -0.4 is 5.32 Å². The number of nitrogens with zero attached hydrogens (tertiary/aromatic N) is 1. The first kappa shape index (κ1) is 13.2. The summed E-state index contributed by atoms with van der Waals surface area (Å²) in [6.45, 7) is 7.14. The predicted molar refractivity (Wildman–Crippen MR) is 68.3 cm³/mol. The number of halogens is 1. The predicted octanol–water partition coefficient (Wildman–Crippen LogP) is 3.01. The standard InChI is InChI=1S/C12H17BrN2O/c1-12(2,3)6-8-15-11(16)9-5-4-7-14-10(9)13/h4-5,7H,6,8H2,1-3H3,(H,15,16). The first-order valence-electron chi connectivity index (χ1n) is 5.29. The summed E-state index contributed by atoms with van der Waals surface area (Å²) in [6, 6.07) is 3.51. The van der Waals surface area contributed by atoms with E-state index in [0.29, 0.717) is 16.7 Å². The van der Waals surface area contributed by atoms with Crippen LogP contribution in [0.4, 0.5) is 0 Å². The maximum absolute atomic E-state index is 11.8. The number of hydrogen-bond donors (Lipinski definition) is 1. The first-order chi connectivity index (χ1) is 7.40. The van der Waals surface area contributed by atoms with E-state index in [4.69, 9.17) is 0 Å². The Morgan fingerprint density at radius 2 is 2.19 bits per heavy atom. The molecular formula is C12H17BrN2O. The zero-order chi connectivity index (χ0) is 12.2. The van der Waals surface area contributed by atoms with Crippen LogP contribution in [0.2, 0.25) is 0 Å². The van der Waals surface area contributed by atoms with Gasteiger partial charge in [0.1, 0.15) is 4.60 Å². The average molecular weight is 285 g/mol. The molecule has 1 N–H and O–H groups in total. The zero-order valence-corrected chi connectivity index (χ0v) is 11.5. The lowest BCUT2D eigenvalue weighted by molar-refractivity contribution is 0.0948. The van der Waals surface area contributed by atoms with Gasteiger partial charge < -0.3 is 5.32 Å². The van der Waals surface area contributed by atoms with Gasteiger partial charge in [0, 0.05) is 12.7 Å². The van der Waals surface area contributed by atoms with E-state index >= 15 is 0 Å². The van der Waals surface area contributed by atoms with Gasteiger partial charge in [0.05, 0.1) is 5.56 Å². The molecule has 1 aromatic rings. The fourth-order valence-electron chi connectivity index (χ4n) is 1.20. The first-order valence-corrected chi connectivity index (χ1v) is 6.08. The van der Waals surface area contributed by atoms with Crippen LogP contribution in [0.15, 0.2) is 22.9 Å². The van der Waals surface area contributed by atoms with Crippen LogP contribution in [0.5, 0.6) is 0 Å². The maximum atomic E-state index is 11.8. The summed E-state index contributed by atoms with van der Waals surface area (Å²) in [5.74, 6) is -0.0794. The van der Waals surface area contributed by atoms with E-state index in [0.717, 1.165) is 6.42 Å². The normalized spacial score (nSPS) is 11.2. The van der Waals surface area contributed by atoms with Crippen molar-refractivity contribution < 1.29 is 4.79 Å². The van der Waals surface area contributed by atoms with Gasteiger partial charge in [0.25, 0.3) is 5.91 Å². The smallest absolute Gasteiger partial charge is 0.254 e. The fraction of sp³-hybridized carbons (Fsp3) is 0.500. The summed E-state index contributed by atoms with van der Waals surface area (Å²) >= 11 is 3.26. The lowest BCUT2D eigenvalue weighted by Gasteiger charge is -2.18. The van der Waals surface area contributed by atoms with Crippen molar-refractivity contribution in [2.75, 3.05) is 6.54 Å². The minimum absolute atomic E-state index is 0.0794. The molecule has 0 aliphatic rings. The number of hydrogen-bond acceptors (Lipinski definition) is 2. The molecule has 0 radical (unpaired) electrons. The molecule has 1 heterocycles. The molecule has 0 aliphatic carbocycles. The van der Waals surface area contributed by atoms with Crippen molar-refractivity contribution in [2.45, 2.75) is 27.2 Å². The monoisotopic (exact) mass is 284 g/mol. The van der Waals surface area contributed by atoms with Gasteiger partial charge in [-0.3, -0.25) is 4.79 Å². The lowest BCUT2D eigenvalue weighted by atomic mass is 9.92. The summed E-state index contributed by atoms with van der Waals surface area (Å²) in [7, 11) is 0. The van der Waals surface area contributed by atoms with E-state index in [1.807, 2.05) is 0 Å². The molecule has 16 heavy (non-hydrogen) atoms. The molecule has 1 aromatic heterocycles. The van der Waals surface area contributed by atoms with Crippen LogP contribution >= 0.6 is 15.9 Å². The largest absolute Gasteiger partial charge is 0.352 e. The SMILES string of the molecule is CC(C)(C)CCNC(=O)c1cccnc1Br. The average Bonchev–Trinajstić information content (AvgIpc) is 2.16.